The minimum atomic E-state index is -1.18. The van der Waals surface area contributed by atoms with Crippen molar-refractivity contribution in [3.8, 4) is 0 Å². The van der Waals surface area contributed by atoms with Crippen LogP contribution in [0.15, 0.2) is 106 Å². The molecule has 0 radical (unpaired) electrons. The summed E-state index contributed by atoms with van der Waals surface area (Å²) in [4.78, 5) is 82.1. The summed E-state index contributed by atoms with van der Waals surface area (Å²) in [5.41, 5.74) is 0.662. The molecule has 6 unspecified atom stereocenters. The van der Waals surface area contributed by atoms with Gasteiger partial charge in [0.1, 0.15) is 12.1 Å². The number of hydrazine groups is 1. The number of hydrogen-bond acceptors (Lipinski definition) is 10. The third-order valence-electron chi connectivity index (χ3n) is 9.75. The first-order chi connectivity index (χ1) is 24.0. The molecule has 50 heavy (non-hydrogen) atoms. The average molecular weight is 802 g/mol. The van der Waals surface area contributed by atoms with Gasteiger partial charge < -0.3 is 0 Å². The second-order valence-electron chi connectivity index (χ2n) is 12.3. The van der Waals surface area contributed by atoms with Crippen molar-refractivity contribution in [2.45, 2.75) is 24.2 Å². The van der Waals surface area contributed by atoms with Gasteiger partial charge in [-0.05, 0) is 47.5 Å². The number of nitrogens with zero attached hydrogens (tertiary/aromatic N) is 6. The zero-order valence-electron chi connectivity index (χ0n) is 25.4. The van der Waals surface area contributed by atoms with E-state index >= 15 is 0 Å². The number of carbonyl (C=O) groups is 4. The average Bonchev–Trinajstić information content (AvgIpc) is 3.77. The van der Waals surface area contributed by atoms with Gasteiger partial charge in [0.15, 0.2) is 0 Å². The minimum absolute atomic E-state index is 0.0355. The molecule has 0 aromatic heterocycles. The second-order valence-corrected chi connectivity index (χ2v) is 14.1. The Kier molecular flexibility index (Phi) is 7.52. The highest BCUT2D eigenvalue weighted by molar-refractivity contribution is 9.10. The standard InChI is InChI=1S/C34H22Br2N6O8/c35-19-11-7-17(8-12-19)27-25-29(33(45)37(31(25)43)21-3-1-5-23(15-21)41(47)48)39-28(18-9-13-20(36)14-10-18)26-30(40(27)39)34(46)38(32(26)44)22-4-2-6-24(16-22)42(49)50/h1-16,25-30H. The Bertz CT molecular complexity index is 2010. The Hall–Kier alpha value is -5.16. The number of imide groups is 2. The number of amides is 4. The summed E-state index contributed by atoms with van der Waals surface area (Å²) in [7, 11) is 0. The Balaban J connectivity index is 1.32. The first kappa shape index (κ1) is 32.1. The van der Waals surface area contributed by atoms with Crippen LogP contribution in [0.5, 0.6) is 0 Å². The van der Waals surface area contributed by atoms with Crippen molar-refractivity contribution in [1.29, 1.82) is 0 Å². The molecule has 0 aliphatic carbocycles. The van der Waals surface area contributed by atoms with Crippen LogP contribution < -0.4 is 9.80 Å². The maximum absolute atomic E-state index is 14.6. The van der Waals surface area contributed by atoms with E-state index in [4.69, 9.17) is 0 Å². The number of nitro benzene ring substituents is 2. The van der Waals surface area contributed by atoms with E-state index in [1.807, 2.05) is 0 Å². The summed E-state index contributed by atoms with van der Waals surface area (Å²) in [6.07, 6.45) is 0. The molecule has 4 aliphatic heterocycles. The van der Waals surface area contributed by atoms with Crippen molar-refractivity contribution in [3.63, 3.8) is 0 Å². The van der Waals surface area contributed by atoms with E-state index in [1.165, 1.54) is 36.4 Å². The molecule has 8 rings (SSSR count). The fourth-order valence-corrected chi connectivity index (χ4v) is 8.35. The molecule has 4 fully saturated rings. The van der Waals surface area contributed by atoms with Crippen LogP contribution in [0.1, 0.15) is 23.2 Å². The normalized spacial score (nSPS) is 26.0. The van der Waals surface area contributed by atoms with Gasteiger partial charge in [-0.3, -0.25) is 39.4 Å². The maximum atomic E-state index is 14.6. The van der Waals surface area contributed by atoms with Gasteiger partial charge in [0, 0.05) is 33.2 Å². The van der Waals surface area contributed by atoms with E-state index in [9.17, 15) is 39.4 Å². The topological polar surface area (TPSA) is 168 Å². The third kappa shape index (κ3) is 4.66. The summed E-state index contributed by atoms with van der Waals surface area (Å²) in [6.45, 7) is 0. The van der Waals surface area contributed by atoms with Gasteiger partial charge >= 0.3 is 0 Å². The van der Waals surface area contributed by atoms with E-state index in [0.29, 0.717) is 11.1 Å². The Morgan fingerprint density at radius 2 is 0.860 bits per heavy atom. The van der Waals surface area contributed by atoms with E-state index < -0.39 is 69.5 Å². The molecule has 4 heterocycles. The number of carbonyl (C=O) groups excluding carboxylic acids is 4. The Morgan fingerprint density at radius 1 is 0.500 bits per heavy atom. The van der Waals surface area contributed by atoms with Gasteiger partial charge in [0.2, 0.25) is 11.8 Å². The molecule has 0 spiro atoms. The number of hydrogen-bond donors (Lipinski definition) is 0. The molecule has 0 N–H and O–H groups in total. The first-order valence-electron chi connectivity index (χ1n) is 15.3. The fourth-order valence-electron chi connectivity index (χ4n) is 7.82. The number of rotatable bonds is 6. The molecule has 4 saturated heterocycles. The van der Waals surface area contributed by atoms with Gasteiger partial charge in [0.25, 0.3) is 23.2 Å². The van der Waals surface area contributed by atoms with Crippen molar-refractivity contribution in [2.24, 2.45) is 11.8 Å². The van der Waals surface area contributed by atoms with Gasteiger partial charge in [-0.25, -0.2) is 19.8 Å². The molecule has 6 atom stereocenters. The van der Waals surface area contributed by atoms with E-state index in [-0.39, 0.29) is 22.7 Å². The summed E-state index contributed by atoms with van der Waals surface area (Å²) in [5, 5.41) is 26.6. The van der Waals surface area contributed by atoms with Crippen LogP contribution in [0, 0.1) is 32.1 Å². The van der Waals surface area contributed by atoms with Crippen LogP contribution in [0.4, 0.5) is 22.7 Å². The monoisotopic (exact) mass is 800 g/mol. The van der Waals surface area contributed by atoms with Crippen LogP contribution >= 0.6 is 31.9 Å². The zero-order valence-corrected chi connectivity index (χ0v) is 28.6. The number of benzene rings is 4. The molecule has 16 heteroatoms. The summed E-state index contributed by atoms with van der Waals surface area (Å²) in [5.74, 6) is -4.67. The van der Waals surface area contributed by atoms with Crippen molar-refractivity contribution >= 4 is 78.2 Å². The van der Waals surface area contributed by atoms with E-state index in [1.54, 1.807) is 58.5 Å². The molecule has 0 bridgehead atoms. The Morgan fingerprint density at radius 3 is 1.20 bits per heavy atom. The van der Waals surface area contributed by atoms with Crippen molar-refractivity contribution < 1.29 is 29.0 Å². The molecule has 4 aromatic carbocycles. The van der Waals surface area contributed by atoms with Crippen molar-refractivity contribution in [1.82, 2.24) is 10.0 Å². The van der Waals surface area contributed by atoms with Crippen molar-refractivity contribution in [2.75, 3.05) is 9.80 Å². The summed E-state index contributed by atoms with van der Waals surface area (Å²) < 4.78 is 1.49. The van der Waals surface area contributed by atoms with E-state index in [0.717, 1.165) is 30.9 Å². The molecule has 4 aliphatic rings. The number of nitro groups is 2. The number of anilines is 2. The zero-order chi connectivity index (χ0) is 35.2. The quantitative estimate of drug-likeness (QED) is 0.139. The lowest BCUT2D eigenvalue weighted by molar-refractivity contribution is -0.385. The number of non-ortho nitro benzene ring substituents is 2. The molecule has 250 valence electrons. The molecular formula is C34H22Br2N6O8. The Labute approximate surface area is 299 Å². The fraction of sp³-hybridized carbons (Fsp3) is 0.176. The first-order valence-corrected chi connectivity index (χ1v) is 16.9. The molecule has 4 aromatic rings. The van der Waals surface area contributed by atoms with Crippen LogP contribution in [-0.2, 0) is 19.2 Å². The summed E-state index contributed by atoms with van der Waals surface area (Å²) >= 11 is 6.88. The minimum Gasteiger partial charge on any atom is -0.274 e. The maximum Gasteiger partial charge on any atom is 0.271 e. The van der Waals surface area contributed by atoms with Crippen LogP contribution in [0.2, 0.25) is 0 Å². The lowest BCUT2D eigenvalue weighted by Crippen LogP contribution is -2.50. The van der Waals surface area contributed by atoms with E-state index in [2.05, 4.69) is 31.9 Å². The smallest absolute Gasteiger partial charge is 0.271 e. The van der Waals surface area contributed by atoms with Gasteiger partial charge in [-0.1, -0.05) is 68.3 Å². The van der Waals surface area contributed by atoms with Gasteiger partial charge in [-0.2, -0.15) is 0 Å². The van der Waals surface area contributed by atoms with Gasteiger partial charge in [0.05, 0.1) is 45.1 Å². The third-order valence-corrected chi connectivity index (χ3v) is 10.8. The highest BCUT2D eigenvalue weighted by Gasteiger charge is 2.73. The molecular weight excluding hydrogens is 780 g/mol. The lowest BCUT2D eigenvalue weighted by Gasteiger charge is -2.35. The van der Waals surface area contributed by atoms with Crippen LogP contribution in [-0.4, -0.2) is 55.6 Å². The second kappa shape index (κ2) is 11.7. The predicted molar refractivity (Wildman–Crippen MR) is 183 cm³/mol. The molecule has 0 saturated carbocycles. The van der Waals surface area contributed by atoms with Crippen LogP contribution in [0.25, 0.3) is 0 Å². The predicted octanol–water partition coefficient (Wildman–Crippen LogP) is 5.47. The molecule has 14 nitrogen and oxygen atoms in total. The highest BCUT2D eigenvalue weighted by atomic mass is 79.9. The molecule has 4 amide bonds. The van der Waals surface area contributed by atoms with Crippen LogP contribution in [0.3, 0.4) is 0 Å². The largest absolute Gasteiger partial charge is 0.274 e. The summed E-state index contributed by atoms with van der Waals surface area (Å²) in [6, 6.07) is 20.5. The lowest BCUT2D eigenvalue weighted by atomic mass is 9.84. The SMILES string of the molecule is O=C1C2C(C(=O)N1c1cccc([N+](=O)[O-])c1)N1C(c3ccc(Br)cc3)C3C(=O)N(c4cccc([N+](=O)[O-])c4)C(=O)C3N1C2c1ccc(Br)cc1. The number of halogens is 2. The highest BCUT2D eigenvalue weighted by Crippen LogP contribution is 2.60. The number of fused-ring (bicyclic) bond motifs is 5. The van der Waals surface area contributed by atoms with Crippen molar-refractivity contribution in [3.05, 3.63) is 137 Å². The van der Waals surface area contributed by atoms with Gasteiger partial charge in [-0.15, -0.1) is 0 Å².